The van der Waals surface area contributed by atoms with Crippen LogP contribution in [0.5, 0.6) is 0 Å². The lowest BCUT2D eigenvalue weighted by molar-refractivity contribution is -0.156. The quantitative estimate of drug-likeness (QED) is 0.386. The number of aliphatic hydroxyl groups is 2. The number of fused-ring (bicyclic) bond motifs is 4. The summed E-state index contributed by atoms with van der Waals surface area (Å²) < 4.78 is 5.89. The average molecular weight is 471 g/mol. The van der Waals surface area contributed by atoms with Gasteiger partial charge in [0.2, 0.25) is 0 Å². The maximum atomic E-state index is 12.3. The van der Waals surface area contributed by atoms with Crippen molar-refractivity contribution in [2.75, 3.05) is 0 Å². The molecule has 0 aromatic heterocycles. The molecule has 0 aromatic rings. The van der Waals surface area contributed by atoms with Crippen molar-refractivity contribution in [3.63, 3.8) is 0 Å². The fourth-order valence-corrected chi connectivity index (χ4v) is 9.75. The van der Waals surface area contributed by atoms with E-state index in [-0.39, 0.29) is 33.7 Å². The van der Waals surface area contributed by atoms with Gasteiger partial charge in [-0.15, -0.1) is 0 Å². The second-order valence-electron chi connectivity index (χ2n) is 13.7. The molecule has 9 atom stereocenters. The highest BCUT2D eigenvalue weighted by Gasteiger charge is 2.65. The molecule has 4 heteroatoms. The fraction of sp³-hybridized carbons (Fsp3) is 0.833. The van der Waals surface area contributed by atoms with Gasteiger partial charge in [-0.3, -0.25) is 0 Å². The largest absolute Gasteiger partial charge is 0.458 e. The van der Waals surface area contributed by atoms with Crippen LogP contribution >= 0.6 is 0 Å². The molecule has 0 aromatic carbocycles. The number of esters is 1. The zero-order valence-corrected chi connectivity index (χ0v) is 22.4. The van der Waals surface area contributed by atoms with Crippen LogP contribution in [-0.2, 0) is 9.53 Å². The molecule has 0 bridgehead atoms. The standard InChI is InChI=1S/C30H46O4/c1-17-8-10-22(34-26(17)33)18(2)19-12-14-29(6)20-9-11-23-27(3,4)24(31)16-25(32)30(23,7)21(20)13-15-28(19,29)5/h8,18-19,22-25,31-32H,9-16H2,1-7H3/t18-,19+,22+,23-,24-,25+,28+,29-,30+/m0/s1. The Labute approximate surface area is 206 Å². The number of cyclic esters (lactones) is 1. The molecule has 0 amide bonds. The number of aliphatic hydroxyl groups excluding tert-OH is 2. The zero-order chi connectivity index (χ0) is 24.8. The second-order valence-corrected chi connectivity index (χ2v) is 13.7. The van der Waals surface area contributed by atoms with E-state index in [0.717, 1.165) is 37.7 Å². The molecule has 190 valence electrons. The molecule has 0 unspecified atom stereocenters. The third kappa shape index (κ3) is 3.00. The summed E-state index contributed by atoms with van der Waals surface area (Å²) in [5, 5.41) is 22.2. The van der Waals surface area contributed by atoms with Gasteiger partial charge in [-0.25, -0.2) is 4.79 Å². The van der Waals surface area contributed by atoms with Crippen LogP contribution in [-0.4, -0.2) is 34.5 Å². The van der Waals surface area contributed by atoms with E-state index in [2.05, 4.69) is 47.6 Å². The van der Waals surface area contributed by atoms with Crippen LogP contribution in [0.25, 0.3) is 0 Å². The van der Waals surface area contributed by atoms with E-state index in [0.29, 0.717) is 24.2 Å². The number of allylic oxidation sites excluding steroid dienone is 1. The van der Waals surface area contributed by atoms with Crippen LogP contribution < -0.4 is 0 Å². The summed E-state index contributed by atoms with van der Waals surface area (Å²) in [6, 6.07) is 0. The van der Waals surface area contributed by atoms with Gasteiger partial charge in [-0.2, -0.15) is 0 Å². The monoisotopic (exact) mass is 470 g/mol. The van der Waals surface area contributed by atoms with Gasteiger partial charge < -0.3 is 14.9 Å². The van der Waals surface area contributed by atoms with E-state index < -0.39 is 12.2 Å². The Morgan fingerprint density at radius 2 is 1.71 bits per heavy atom. The normalized spacial score (nSPS) is 48.9. The Kier molecular flexibility index (Phi) is 5.55. The predicted octanol–water partition coefficient (Wildman–Crippen LogP) is 5.97. The first-order valence-corrected chi connectivity index (χ1v) is 13.8. The number of rotatable bonds is 2. The first kappa shape index (κ1) is 24.6. The first-order valence-electron chi connectivity index (χ1n) is 13.8. The third-order valence-corrected chi connectivity index (χ3v) is 12.4. The SMILES string of the molecule is CC1=CC[C@H]([C@@H](C)[C@H]2CC[C@@]3(C)C4=C(CC[C@]23C)[C@@]2(C)[C@H](O)C[C@H](O)C(C)(C)[C@@H]2CC4)OC1=O. The Hall–Kier alpha value is -1.13. The highest BCUT2D eigenvalue weighted by atomic mass is 16.5. The number of carbonyl (C=O) groups is 1. The number of hydrogen-bond donors (Lipinski definition) is 2. The Morgan fingerprint density at radius 1 is 1.00 bits per heavy atom. The van der Waals surface area contributed by atoms with E-state index in [4.69, 9.17) is 4.74 Å². The molecular weight excluding hydrogens is 424 g/mol. The molecule has 34 heavy (non-hydrogen) atoms. The maximum absolute atomic E-state index is 12.3. The van der Waals surface area contributed by atoms with Gasteiger partial charge in [-0.05, 0) is 79.4 Å². The summed E-state index contributed by atoms with van der Waals surface area (Å²) in [6.45, 7) is 15.9. The highest BCUT2D eigenvalue weighted by Crippen LogP contribution is 2.72. The molecule has 2 saturated carbocycles. The fourth-order valence-electron chi connectivity index (χ4n) is 9.75. The summed E-state index contributed by atoms with van der Waals surface area (Å²) in [4.78, 5) is 12.3. The summed E-state index contributed by atoms with van der Waals surface area (Å²) in [5.41, 5.74) is 3.75. The van der Waals surface area contributed by atoms with Gasteiger partial charge in [0.15, 0.2) is 0 Å². The van der Waals surface area contributed by atoms with Crippen molar-refractivity contribution in [2.45, 2.75) is 118 Å². The lowest BCUT2D eigenvalue weighted by Gasteiger charge is -2.63. The minimum atomic E-state index is -0.480. The maximum Gasteiger partial charge on any atom is 0.333 e. The molecule has 4 aliphatic carbocycles. The predicted molar refractivity (Wildman–Crippen MR) is 134 cm³/mol. The summed E-state index contributed by atoms with van der Waals surface area (Å²) in [6.07, 6.45) is 9.09. The van der Waals surface area contributed by atoms with Gasteiger partial charge >= 0.3 is 5.97 Å². The average Bonchev–Trinajstić information content (AvgIpc) is 3.05. The molecule has 2 N–H and O–H groups in total. The van der Waals surface area contributed by atoms with Crippen LogP contribution in [0.3, 0.4) is 0 Å². The van der Waals surface area contributed by atoms with Gasteiger partial charge in [0.25, 0.3) is 0 Å². The summed E-state index contributed by atoms with van der Waals surface area (Å²) >= 11 is 0. The van der Waals surface area contributed by atoms with E-state index in [9.17, 15) is 15.0 Å². The third-order valence-electron chi connectivity index (χ3n) is 12.4. The molecule has 4 nitrogen and oxygen atoms in total. The molecule has 5 aliphatic rings. The molecule has 0 spiro atoms. The van der Waals surface area contributed by atoms with Crippen LogP contribution in [0.15, 0.2) is 22.8 Å². The van der Waals surface area contributed by atoms with Crippen molar-refractivity contribution in [3.05, 3.63) is 22.8 Å². The smallest absolute Gasteiger partial charge is 0.333 e. The van der Waals surface area contributed by atoms with Crippen LogP contribution in [0.4, 0.5) is 0 Å². The van der Waals surface area contributed by atoms with Crippen LogP contribution in [0.1, 0.15) is 99.8 Å². The molecule has 0 radical (unpaired) electrons. The van der Waals surface area contributed by atoms with Crippen molar-refractivity contribution >= 4 is 5.97 Å². The lowest BCUT2D eigenvalue weighted by Crippen LogP contribution is -2.60. The van der Waals surface area contributed by atoms with Crippen molar-refractivity contribution in [3.8, 4) is 0 Å². The van der Waals surface area contributed by atoms with E-state index >= 15 is 0 Å². The van der Waals surface area contributed by atoms with Crippen LogP contribution in [0.2, 0.25) is 0 Å². The van der Waals surface area contributed by atoms with E-state index in [1.165, 1.54) is 18.4 Å². The Bertz CT molecular complexity index is 945. The minimum Gasteiger partial charge on any atom is -0.458 e. The van der Waals surface area contributed by atoms with Crippen molar-refractivity contribution in [2.24, 2.45) is 39.4 Å². The molecule has 0 saturated heterocycles. The number of hydrogen-bond acceptors (Lipinski definition) is 4. The van der Waals surface area contributed by atoms with Gasteiger partial charge in [0, 0.05) is 23.8 Å². The van der Waals surface area contributed by atoms with Gasteiger partial charge in [0.05, 0.1) is 12.2 Å². The van der Waals surface area contributed by atoms with Crippen molar-refractivity contribution < 1.29 is 19.7 Å². The molecule has 1 heterocycles. The summed E-state index contributed by atoms with van der Waals surface area (Å²) in [5.74, 6) is 1.02. The number of carbonyl (C=O) groups excluding carboxylic acids is 1. The van der Waals surface area contributed by atoms with Gasteiger partial charge in [-0.1, -0.05) is 58.8 Å². The van der Waals surface area contributed by atoms with Crippen molar-refractivity contribution in [1.29, 1.82) is 0 Å². The topological polar surface area (TPSA) is 66.8 Å². The molecular formula is C30H46O4. The lowest BCUT2D eigenvalue weighted by atomic mass is 9.42. The van der Waals surface area contributed by atoms with E-state index in [1.807, 2.05) is 6.92 Å². The molecule has 1 aliphatic heterocycles. The highest BCUT2D eigenvalue weighted by molar-refractivity contribution is 5.88. The second kappa shape index (κ2) is 7.68. The van der Waals surface area contributed by atoms with Gasteiger partial charge in [0.1, 0.15) is 6.10 Å². The Morgan fingerprint density at radius 3 is 2.38 bits per heavy atom. The van der Waals surface area contributed by atoms with E-state index in [1.54, 1.807) is 5.57 Å². The molecule has 5 rings (SSSR count). The first-order chi connectivity index (χ1) is 15.8. The Balaban J connectivity index is 1.50. The summed E-state index contributed by atoms with van der Waals surface area (Å²) in [7, 11) is 0. The zero-order valence-electron chi connectivity index (χ0n) is 22.4. The molecule has 2 fully saturated rings. The van der Waals surface area contributed by atoms with Crippen LogP contribution in [0, 0.1) is 39.4 Å². The minimum absolute atomic E-state index is 0.0218. The van der Waals surface area contributed by atoms with Crippen molar-refractivity contribution in [1.82, 2.24) is 0 Å². The number of ether oxygens (including phenoxy) is 1.